The van der Waals surface area contributed by atoms with Gasteiger partial charge in [0.05, 0.1) is 11.3 Å². The van der Waals surface area contributed by atoms with Crippen molar-refractivity contribution in [1.82, 2.24) is 9.62 Å². The highest BCUT2D eigenvalue weighted by Crippen LogP contribution is 2.14. The van der Waals surface area contributed by atoms with Crippen LogP contribution in [0, 0.1) is 0 Å². The maximum absolute atomic E-state index is 12.4. The number of carbonyl (C=O) groups excluding carboxylic acids is 2. The Bertz CT molecular complexity index is 933. The zero-order chi connectivity index (χ0) is 21.4. The number of ether oxygens (including phenoxy) is 1. The first-order chi connectivity index (χ1) is 13.7. The third-order valence-electron chi connectivity index (χ3n) is 4.04. The van der Waals surface area contributed by atoms with Gasteiger partial charge in [-0.3, -0.25) is 9.59 Å². The van der Waals surface area contributed by atoms with Crippen LogP contribution in [-0.2, 0) is 30.9 Å². The Balaban J connectivity index is 1.79. The van der Waals surface area contributed by atoms with Crippen molar-refractivity contribution in [3.05, 3.63) is 65.2 Å². The van der Waals surface area contributed by atoms with Crippen LogP contribution in [0.4, 0.5) is 0 Å². The fourth-order valence-corrected chi connectivity index (χ4v) is 3.69. The highest BCUT2D eigenvalue weighted by molar-refractivity contribution is 7.89. The van der Waals surface area contributed by atoms with Crippen LogP contribution in [0.1, 0.15) is 18.9 Å². The van der Waals surface area contributed by atoms with E-state index in [1.54, 1.807) is 7.05 Å². The number of hydrogen-bond acceptors (Lipinski definition) is 5. The van der Waals surface area contributed by atoms with Crippen molar-refractivity contribution < 1.29 is 22.7 Å². The van der Waals surface area contributed by atoms with Crippen molar-refractivity contribution in [2.45, 2.75) is 30.9 Å². The summed E-state index contributed by atoms with van der Waals surface area (Å²) in [7, 11) is -2.13. The third-order valence-corrected chi connectivity index (χ3v) is 5.77. The molecule has 0 saturated heterocycles. The van der Waals surface area contributed by atoms with E-state index in [0.29, 0.717) is 11.6 Å². The number of nitrogens with zero attached hydrogens (tertiary/aromatic N) is 1. The van der Waals surface area contributed by atoms with Gasteiger partial charge in [-0.2, -0.15) is 0 Å². The summed E-state index contributed by atoms with van der Waals surface area (Å²) in [6.07, 6.45) is -1.17. The maximum Gasteiger partial charge on any atom is 0.307 e. The molecule has 0 radical (unpaired) electrons. The van der Waals surface area contributed by atoms with Crippen LogP contribution in [0.5, 0.6) is 0 Å². The molecule has 0 aliphatic rings. The molecule has 29 heavy (non-hydrogen) atoms. The predicted molar refractivity (Wildman–Crippen MR) is 110 cm³/mol. The van der Waals surface area contributed by atoms with E-state index in [1.165, 1.54) is 36.1 Å². The van der Waals surface area contributed by atoms with Gasteiger partial charge in [0, 0.05) is 25.2 Å². The van der Waals surface area contributed by atoms with Gasteiger partial charge in [-0.15, -0.1) is 0 Å². The van der Waals surface area contributed by atoms with Crippen molar-refractivity contribution in [3.8, 4) is 0 Å². The van der Waals surface area contributed by atoms with Crippen LogP contribution in [-0.4, -0.2) is 44.9 Å². The molecule has 0 unspecified atom stereocenters. The fraction of sp³-hybridized carbons (Fsp3) is 0.300. The molecule has 2 rings (SSSR count). The van der Waals surface area contributed by atoms with Gasteiger partial charge in [-0.1, -0.05) is 41.9 Å². The van der Waals surface area contributed by atoms with Crippen LogP contribution < -0.4 is 4.72 Å². The van der Waals surface area contributed by atoms with E-state index in [4.69, 9.17) is 16.3 Å². The molecule has 0 fully saturated rings. The molecule has 2 aromatic carbocycles. The molecule has 9 heteroatoms. The van der Waals surface area contributed by atoms with Crippen molar-refractivity contribution >= 4 is 33.5 Å². The summed E-state index contributed by atoms with van der Waals surface area (Å²) < 4.78 is 31.7. The summed E-state index contributed by atoms with van der Waals surface area (Å²) >= 11 is 5.74. The number of sulfonamides is 1. The molecular formula is C20H23ClN2O5S. The van der Waals surface area contributed by atoms with Gasteiger partial charge in [-0.25, -0.2) is 13.1 Å². The molecule has 0 bridgehead atoms. The minimum absolute atomic E-state index is 0.0429. The summed E-state index contributed by atoms with van der Waals surface area (Å²) in [6.45, 7) is 1.73. The van der Waals surface area contributed by atoms with E-state index in [-0.39, 0.29) is 23.8 Å². The lowest BCUT2D eigenvalue weighted by Gasteiger charge is -2.21. The summed E-state index contributed by atoms with van der Waals surface area (Å²) in [4.78, 5) is 25.8. The molecule has 0 aliphatic heterocycles. The number of halogens is 1. The Morgan fingerprint density at radius 2 is 1.72 bits per heavy atom. The quantitative estimate of drug-likeness (QED) is 0.607. The number of carbonyl (C=O) groups is 2. The molecule has 0 saturated carbocycles. The number of benzene rings is 2. The Labute approximate surface area is 175 Å². The second-order valence-corrected chi connectivity index (χ2v) is 8.62. The Hall–Kier alpha value is -2.42. The lowest BCUT2D eigenvalue weighted by molar-refractivity contribution is -0.158. The predicted octanol–water partition coefficient (Wildman–Crippen LogP) is 2.60. The van der Waals surface area contributed by atoms with Crippen molar-refractivity contribution in [2.75, 3.05) is 13.6 Å². The molecule has 1 amide bonds. The highest BCUT2D eigenvalue weighted by Gasteiger charge is 2.22. The lowest BCUT2D eigenvalue weighted by atomic mass is 10.2. The zero-order valence-electron chi connectivity index (χ0n) is 16.2. The molecule has 1 N–H and O–H groups in total. The Morgan fingerprint density at radius 3 is 2.34 bits per heavy atom. The number of hydrogen-bond donors (Lipinski definition) is 1. The minimum Gasteiger partial charge on any atom is -0.452 e. The molecule has 1 atom stereocenters. The van der Waals surface area contributed by atoms with Gasteiger partial charge in [0.25, 0.3) is 5.91 Å². The molecule has 156 valence electrons. The lowest BCUT2D eigenvalue weighted by Crippen LogP contribution is -2.37. The summed E-state index contributed by atoms with van der Waals surface area (Å²) in [5.41, 5.74) is 0.957. The van der Waals surface area contributed by atoms with Gasteiger partial charge in [0.2, 0.25) is 10.0 Å². The fourth-order valence-electron chi connectivity index (χ4n) is 2.54. The van der Waals surface area contributed by atoms with Crippen LogP contribution in [0.3, 0.4) is 0 Å². The van der Waals surface area contributed by atoms with Crippen molar-refractivity contribution in [2.24, 2.45) is 0 Å². The number of nitrogens with one attached hydrogen (secondary N) is 1. The second-order valence-electron chi connectivity index (χ2n) is 6.41. The van der Waals surface area contributed by atoms with Crippen molar-refractivity contribution in [3.63, 3.8) is 0 Å². The molecule has 0 aliphatic carbocycles. The van der Waals surface area contributed by atoms with Crippen LogP contribution >= 0.6 is 11.6 Å². The second kappa shape index (κ2) is 10.4. The standard InChI is InChI=1S/C20H23ClN2O5S/c1-15(20(25)23(2)14-16-6-4-3-5-7-16)28-19(24)12-13-22-29(26,27)18-10-8-17(21)9-11-18/h3-11,15,22H,12-14H2,1-2H3/t15-/m0/s1. The highest BCUT2D eigenvalue weighted by atomic mass is 35.5. The number of rotatable bonds is 9. The summed E-state index contributed by atoms with van der Waals surface area (Å²) in [5, 5.41) is 0.420. The number of amides is 1. The van der Waals surface area contributed by atoms with Gasteiger partial charge >= 0.3 is 5.97 Å². The molecule has 0 spiro atoms. The smallest absolute Gasteiger partial charge is 0.307 e. The summed E-state index contributed by atoms with van der Waals surface area (Å²) in [5.74, 6) is -1.01. The van der Waals surface area contributed by atoms with Gasteiger partial charge < -0.3 is 9.64 Å². The topological polar surface area (TPSA) is 92.8 Å². The number of likely N-dealkylation sites (N-methyl/N-ethyl adjacent to an activating group) is 1. The monoisotopic (exact) mass is 438 g/mol. The SMILES string of the molecule is C[C@H](OC(=O)CCNS(=O)(=O)c1ccc(Cl)cc1)C(=O)N(C)Cc1ccccc1. The van der Waals surface area contributed by atoms with Crippen LogP contribution in [0.15, 0.2) is 59.5 Å². The number of esters is 1. The Morgan fingerprint density at radius 1 is 1.10 bits per heavy atom. The Kier molecular flexibility index (Phi) is 8.19. The average molecular weight is 439 g/mol. The van der Waals surface area contributed by atoms with E-state index in [1.807, 2.05) is 30.3 Å². The largest absolute Gasteiger partial charge is 0.452 e. The zero-order valence-corrected chi connectivity index (χ0v) is 17.7. The van der Waals surface area contributed by atoms with Crippen LogP contribution in [0.25, 0.3) is 0 Å². The maximum atomic E-state index is 12.4. The first-order valence-electron chi connectivity index (χ1n) is 8.92. The van der Waals surface area contributed by atoms with Gasteiger partial charge in [0.1, 0.15) is 0 Å². The van der Waals surface area contributed by atoms with Crippen molar-refractivity contribution in [1.29, 1.82) is 0 Å². The average Bonchev–Trinajstić information content (AvgIpc) is 2.68. The molecular weight excluding hydrogens is 416 g/mol. The molecule has 7 nitrogen and oxygen atoms in total. The molecule has 0 aromatic heterocycles. The minimum atomic E-state index is -3.76. The van der Waals surface area contributed by atoms with Gasteiger partial charge in [0.15, 0.2) is 6.10 Å². The molecule has 0 heterocycles. The van der Waals surface area contributed by atoms with E-state index in [2.05, 4.69) is 4.72 Å². The normalized spacial score (nSPS) is 12.2. The van der Waals surface area contributed by atoms with E-state index >= 15 is 0 Å². The van der Waals surface area contributed by atoms with Gasteiger partial charge in [-0.05, 0) is 36.8 Å². The third kappa shape index (κ3) is 7.16. The van der Waals surface area contributed by atoms with E-state index in [0.717, 1.165) is 5.56 Å². The molecule has 2 aromatic rings. The van der Waals surface area contributed by atoms with Crippen LogP contribution in [0.2, 0.25) is 5.02 Å². The summed E-state index contributed by atoms with van der Waals surface area (Å²) in [6, 6.07) is 15.1. The van der Waals surface area contributed by atoms with E-state index in [9.17, 15) is 18.0 Å². The first-order valence-corrected chi connectivity index (χ1v) is 10.8. The first kappa shape index (κ1) is 22.9. The van der Waals surface area contributed by atoms with E-state index < -0.39 is 22.1 Å².